The van der Waals surface area contributed by atoms with Crippen LogP contribution < -0.4 is 19.4 Å². The van der Waals surface area contributed by atoms with Gasteiger partial charge in [-0.1, -0.05) is 19.1 Å². The first kappa shape index (κ1) is 28.7. The van der Waals surface area contributed by atoms with Crippen LogP contribution in [0.2, 0.25) is 0 Å². The molecule has 1 fully saturated rings. The van der Waals surface area contributed by atoms with Gasteiger partial charge in [-0.25, -0.2) is 0 Å². The third-order valence-electron chi connectivity index (χ3n) is 7.34. The van der Waals surface area contributed by atoms with Crippen molar-refractivity contribution in [2.45, 2.75) is 40.2 Å². The minimum atomic E-state index is -0.785. The van der Waals surface area contributed by atoms with Crippen LogP contribution in [-0.2, 0) is 9.59 Å². The van der Waals surface area contributed by atoms with Gasteiger partial charge in [-0.05, 0) is 92.9 Å². The van der Waals surface area contributed by atoms with E-state index < -0.39 is 17.7 Å². The van der Waals surface area contributed by atoms with Crippen molar-refractivity contribution in [1.29, 1.82) is 0 Å². The van der Waals surface area contributed by atoms with E-state index in [1.165, 1.54) is 4.90 Å². The van der Waals surface area contributed by atoms with Gasteiger partial charge < -0.3 is 19.6 Å². The van der Waals surface area contributed by atoms with Crippen molar-refractivity contribution in [3.63, 3.8) is 0 Å². The molecule has 1 amide bonds. The highest BCUT2D eigenvalue weighted by atomic mass is 16.5. The molecule has 7 heteroatoms. The number of hydrogen-bond acceptors (Lipinski definition) is 6. The minimum Gasteiger partial charge on any atom is -0.507 e. The summed E-state index contributed by atoms with van der Waals surface area (Å²) in [5.74, 6) is -0.857. The monoisotopic (exact) mass is 541 g/mol. The Morgan fingerprint density at radius 2 is 1.52 bits per heavy atom. The quantitative estimate of drug-likeness (QED) is 0.184. The molecule has 0 radical (unpaired) electrons. The summed E-state index contributed by atoms with van der Waals surface area (Å²) in [6.07, 6.45) is 0.882. The maximum absolute atomic E-state index is 13.6. The number of ketones is 1. The largest absolute Gasteiger partial charge is 0.507 e. The summed E-state index contributed by atoms with van der Waals surface area (Å²) >= 11 is 0. The molecule has 1 aliphatic rings. The fraction of sp³-hybridized carbons (Fsp3) is 0.333. The molecular weight excluding hydrogens is 502 g/mol. The first-order valence-electron chi connectivity index (χ1n) is 13.9. The number of aliphatic hydroxyl groups excluding tert-OH is 1. The lowest BCUT2D eigenvalue weighted by Crippen LogP contribution is -2.29. The van der Waals surface area contributed by atoms with Crippen LogP contribution in [0.25, 0.3) is 5.76 Å². The molecule has 1 saturated heterocycles. The van der Waals surface area contributed by atoms with Gasteiger partial charge in [-0.15, -0.1) is 0 Å². The van der Waals surface area contributed by atoms with Gasteiger partial charge in [-0.3, -0.25) is 14.5 Å². The van der Waals surface area contributed by atoms with E-state index >= 15 is 0 Å². The maximum Gasteiger partial charge on any atom is 0.300 e. The highest BCUT2D eigenvalue weighted by Gasteiger charge is 2.47. The van der Waals surface area contributed by atoms with Crippen LogP contribution in [-0.4, -0.2) is 50.6 Å². The number of aliphatic hydroxyl groups is 1. The van der Waals surface area contributed by atoms with Gasteiger partial charge in [0.15, 0.2) is 0 Å². The topological polar surface area (TPSA) is 73.3 Å². The molecule has 0 aliphatic carbocycles. The third kappa shape index (κ3) is 5.55. The van der Waals surface area contributed by atoms with Crippen molar-refractivity contribution < 1.29 is 19.4 Å². The van der Waals surface area contributed by atoms with E-state index in [9.17, 15) is 14.7 Å². The Bertz CT molecular complexity index is 1390. The second-order valence-electron chi connectivity index (χ2n) is 10.2. The van der Waals surface area contributed by atoms with Crippen molar-refractivity contribution in [2.75, 3.05) is 48.5 Å². The highest BCUT2D eigenvalue weighted by molar-refractivity contribution is 6.51. The van der Waals surface area contributed by atoms with Crippen LogP contribution in [0, 0.1) is 6.92 Å². The number of Topliss-reactive ketones (excluding diaryl/α,β-unsaturated/α-hetero) is 1. The molecule has 0 saturated carbocycles. The molecule has 3 aromatic rings. The molecule has 40 heavy (non-hydrogen) atoms. The van der Waals surface area contributed by atoms with Gasteiger partial charge in [0.05, 0.1) is 18.2 Å². The lowest BCUT2D eigenvalue weighted by Gasteiger charge is -2.27. The fourth-order valence-corrected chi connectivity index (χ4v) is 5.11. The molecule has 1 N–H and O–H groups in total. The molecule has 1 atom stereocenters. The minimum absolute atomic E-state index is 0.0667. The zero-order valence-electron chi connectivity index (χ0n) is 24.3. The number of aryl methyl sites for hydroxylation is 1. The first-order valence-corrected chi connectivity index (χ1v) is 13.9. The summed E-state index contributed by atoms with van der Waals surface area (Å²) in [7, 11) is 3.91. The van der Waals surface area contributed by atoms with Gasteiger partial charge in [0.2, 0.25) is 0 Å². The van der Waals surface area contributed by atoms with E-state index in [-0.39, 0.29) is 11.3 Å². The SMILES string of the molecule is CCCOc1ccc(/C(O)=C2/C(=O)C(=O)N(c3ccc(N(CC)CC)cc3)C2c2ccc(N(C)C)cc2)cc1C. The van der Waals surface area contributed by atoms with Crippen molar-refractivity contribution >= 4 is 34.5 Å². The van der Waals surface area contributed by atoms with Crippen LogP contribution in [0.5, 0.6) is 5.75 Å². The summed E-state index contributed by atoms with van der Waals surface area (Å²) in [6, 6.07) is 19.9. The van der Waals surface area contributed by atoms with Crippen molar-refractivity contribution in [3.8, 4) is 5.75 Å². The molecule has 7 nitrogen and oxygen atoms in total. The van der Waals surface area contributed by atoms with Crippen LogP contribution >= 0.6 is 0 Å². The van der Waals surface area contributed by atoms with Gasteiger partial charge in [0, 0.05) is 49.8 Å². The predicted molar refractivity (Wildman–Crippen MR) is 163 cm³/mol. The van der Waals surface area contributed by atoms with E-state index in [0.29, 0.717) is 17.9 Å². The molecular formula is C33H39N3O4. The Labute approximate surface area is 237 Å². The Morgan fingerprint density at radius 3 is 2.08 bits per heavy atom. The zero-order chi connectivity index (χ0) is 29.0. The van der Waals surface area contributed by atoms with Crippen molar-refractivity contribution in [1.82, 2.24) is 0 Å². The first-order chi connectivity index (χ1) is 19.2. The molecule has 4 rings (SSSR count). The average molecular weight is 542 g/mol. The Hall–Kier alpha value is -4.26. The Kier molecular flexibility index (Phi) is 8.83. The van der Waals surface area contributed by atoms with Crippen LogP contribution in [0.4, 0.5) is 17.1 Å². The summed E-state index contributed by atoms with van der Waals surface area (Å²) < 4.78 is 5.79. The molecule has 0 spiro atoms. The molecule has 1 unspecified atom stereocenters. The van der Waals surface area contributed by atoms with Crippen LogP contribution in [0.3, 0.4) is 0 Å². The smallest absolute Gasteiger partial charge is 0.300 e. The number of carbonyl (C=O) groups is 2. The number of amides is 1. The number of rotatable bonds is 10. The highest BCUT2D eigenvalue weighted by Crippen LogP contribution is 2.43. The second kappa shape index (κ2) is 12.3. The molecule has 0 aromatic heterocycles. The van der Waals surface area contributed by atoms with Crippen LogP contribution in [0.1, 0.15) is 49.9 Å². The molecule has 210 valence electrons. The number of benzene rings is 3. The number of ether oxygens (including phenoxy) is 1. The molecule has 1 heterocycles. The third-order valence-corrected chi connectivity index (χ3v) is 7.34. The zero-order valence-corrected chi connectivity index (χ0v) is 24.3. The number of anilines is 3. The standard InChI is InChI=1S/C33H39N3O4/c1-7-20-40-28-19-12-24(21-22(28)4)31(37)29-30(23-10-13-25(14-11-23)34(5)6)36(33(39)32(29)38)27-17-15-26(16-18-27)35(8-2)9-3/h10-19,21,30,37H,7-9,20H2,1-6H3/b31-29-. The Morgan fingerprint density at radius 1 is 0.900 bits per heavy atom. The van der Waals surface area contributed by atoms with Gasteiger partial charge in [0.25, 0.3) is 11.7 Å². The summed E-state index contributed by atoms with van der Waals surface area (Å²) in [6.45, 7) is 10.4. The second-order valence-corrected chi connectivity index (χ2v) is 10.2. The summed E-state index contributed by atoms with van der Waals surface area (Å²) in [4.78, 5) is 32.8. The predicted octanol–water partition coefficient (Wildman–Crippen LogP) is 6.32. The van der Waals surface area contributed by atoms with Crippen molar-refractivity contribution in [2.24, 2.45) is 0 Å². The van der Waals surface area contributed by atoms with E-state index in [1.807, 2.05) is 81.4 Å². The van der Waals surface area contributed by atoms with Gasteiger partial charge >= 0.3 is 0 Å². The number of carbonyl (C=O) groups excluding carboxylic acids is 2. The van der Waals surface area contributed by atoms with Gasteiger partial charge in [-0.2, -0.15) is 0 Å². The molecule has 0 bridgehead atoms. The Balaban J connectivity index is 1.84. The number of hydrogen-bond donors (Lipinski definition) is 1. The van der Waals surface area contributed by atoms with Crippen LogP contribution in [0.15, 0.2) is 72.3 Å². The molecule has 1 aliphatic heterocycles. The van der Waals surface area contributed by atoms with E-state index in [0.717, 1.165) is 47.8 Å². The average Bonchev–Trinajstić information content (AvgIpc) is 3.23. The van der Waals surface area contributed by atoms with Gasteiger partial charge in [0.1, 0.15) is 11.5 Å². The van der Waals surface area contributed by atoms with Crippen molar-refractivity contribution in [3.05, 3.63) is 89.0 Å². The lowest BCUT2D eigenvalue weighted by molar-refractivity contribution is -0.132. The lowest BCUT2D eigenvalue weighted by atomic mass is 9.94. The molecule has 3 aromatic carbocycles. The normalized spacial score (nSPS) is 16.4. The summed E-state index contributed by atoms with van der Waals surface area (Å²) in [5, 5.41) is 11.5. The van der Waals surface area contributed by atoms with E-state index in [2.05, 4.69) is 18.7 Å². The van der Waals surface area contributed by atoms with E-state index in [4.69, 9.17) is 4.74 Å². The fourth-order valence-electron chi connectivity index (χ4n) is 5.11. The maximum atomic E-state index is 13.6. The number of nitrogens with zero attached hydrogens (tertiary/aromatic N) is 3. The van der Waals surface area contributed by atoms with E-state index in [1.54, 1.807) is 18.2 Å². The summed E-state index contributed by atoms with van der Waals surface area (Å²) in [5.41, 5.74) is 4.73.